The molecule has 4 heteroatoms. The summed E-state index contributed by atoms with van der Waals surface area (Å²) in [5.74, 6) is 0.140. The van der Waals surface area contributed by atoms with Crippen LogP contribution in [0.15, 0.2) is 23.9 Å². The zero-order valence-corrected chi connectivity index (χ0v) is 9.16. The van der Waals surface area contributed by atoms with Crippen LogP contribution in [-0.2, 0) is 0 Å². The minimum Gasteiger partial charge on any atom is -0.492 e. The van der Waals surface area contributed by atoms with Crippen LogP contribution in [0.3, 0.4) is 0 Å². The molecular formula is C13H11FN2O. The minimum atomic E-state index is -0.342. The summed E-state index contributed by atoms with van der Waals surface area (Å²) in [6.45, 7) is 0.487. The molecule has 86 valence electrons. The maximum atomic E-state index is 13.1. The van der Waals surface area contributed by atoms with Gasteiger partial charge in [-0.1, -0.05) is 0 Å². The van der Waals surface area contributed by atoms with Gasteiger partial charge in [0, 0.05) is 22.6 Å². The molecule has 1 aliphatic heterocycles. The van der Waals surface area contributed by atoms with Crippen molar-refractivity contribution in [3.05, 3.63) is 35.3 Å². The fourth-order valence-corrected chi connectivity index (χ4v) is 2.43. The van der Waals surface area contributed by atoms with Crippen LogP contribution in [0, 0.1) is 22.6 Å². The number of allylic oxidation sites excluding steroid dienone is 1. The molecule has 0 aromatic heterocycles. The van der Waals surface area contributed by atoms with Gasteiger partial charge in [-0.15, -0.1) is 0 Å². The average molecular weight is 230 g/mol. The Balaban J connectivity index is 2.23. The van der Waals surface area contributed by atoms with Crippen molar-refractivity contribution >= 4 is 5.57 Å². The highest BCUT2D eigenvalue weighted by Crippen LogP contribution is 2.60. The molecule has 1 aromatic rings. The smallest absolute Gasteiger partial charge is 0.129 e. The van der Waals surface area contributed by atoms with Crippen molar-refractivity contribution in [1.82, 2.24) is 0 Å². The third kappa shape index (κ3) is 1.39. The van der Waals surface area contributed by atoms with Gasteiger partial charge in [-0.25, -0.2) is 4.39 Å². The second kappa shape index (κ2) is 3.24. The lowest BCUT2D eigenvalue weighted by Crippen LogP contribution is -2.24. The Morgan fingerprint density at radius 2 is 2.24 bits per heavy atom. The van der Waals surface area contributed by atoms with Gasteiger partial charge in [0.1, 0.15) is 23.3 Å². The maximum absolute atomic E-state index is 13.1. The zero-order chi connectivity index (χ0) is 12.0. The average Bonchev–Trinajstić information content (AvgIpc) is 3.09. The number of rotatable bonds is 0. The molecule has 1 heterocycles. The van der Waals surface area contributed by atoms with Gasteiger partial charge >= 0.3 is 0 Å². The van der Waals surface area contributed by atoms with Gasteiger partial charge in [-0.05, 0) is 25.0 Å². The second-order valence-electron chi connectivity index (χ2n) is 4.61. The lowest BCUT2D eigenvalue weighted by atomic mass is 9.86. The van der Waals surface area contributed by atoms with Crippen LogP contribution in [0.25, 0.3) is 5.57 Å². The second-order valence-corrected chi connectivity index (χ2v) is 4.61. The lowest BCUT2D eigenvalue weighted by Gasteiger charge is -2.28. The Labute approximate surface area is 98.3 Å². The molecule has 1 aromatic carbocycles. The van der Waals surface area contributed by atoms with E-state index in [0.29, 0.717) is 12.4 Å². The molecule has 0 atom stereocenters. The van der Waals surface area contributed by atoms with Crippen molar-refractivity contribution < 1.29 is 9.13 Å². The Kier molecular flexibility index (Phi) is 1.93. The number of ether oxygens (including phenoxy) is 1. The molecule has 0 saturated heterocycles. The number of hydrogen-bond acceptors (Lipinski definition) is 3. The van der Waals surface area contributed by atoms with Crippen LogP contribution in [0.5, 0.6) is 5.75 Å². The van der Waals surface area contributed by atoms with E-state index in [1.807, 2.05) is 6.07 Å². The number of halogens is 1. The predicted molar refractivity (Wildman–Crippen MR) is 60.3 cm³/mol. The molecule has 0 bridgehead atoms. The number of nitriles is 1. The normalized spacial score (nSPS) is 22.4. The van der Waals surface area contributed by atoms with Crippen molar-refractivity contribution in [2.45, 2.75) is 12.8 Å². The van der Waals surface area contributed by atoms with Crippen molar-refractivity contribution in [2.75, 3.05) is 6.61 Å². The summed E-state index contributed by atoms with van der Waals surface area (Å²) < 4.78 is 18.7. The van der Waals surface area contributed by atoms with E-state index in [0.717, 1.165) is 24.0 Å². The van der Waals surface area contributed by atoms with E-state index in [1.54, 1.807) is 6.07 Å². The van der Waals surface area contributed by atoms with Crippen molar-refractivity contribution in [1.29, 1.82) is 5.26 Å². The van der Waals surface area contributed by atoms with Crippen molar-refractivity contribution in [2.24, 2.45) is 11.1 Å². The van der Waals surface area contributed by atoms with Crippen LogP contribution >= 0.6 is 0 Å². The molecule has 1 fully saturated rings. The fourth-order valence-electron chi connectivity index (χ4n) is 2.43. The van der Waals surface area contributed by atoms with Gasteiger partial charge in [-0.2, -0.15) is 5.26 Å². The van der Waals surface area contributed by atoms with E-state index in [1.165, 1.54) is 12.1 Å². The van der Waals surface area contributed by atoms with Crippen LogP contribution in [0.2, 0.25) is 0 Å². The molecule has 1 aliphatic carbocycles. The molecule has 0 radical (unpaired) electrons. The van der Waals surface area contributed by atoms with E-state index in [-0.39, 0.29) is 16.9 Å². The highest BCUT2D eigenvalue weighted by atomic mass is 19.1. The highest BCUT2D eigenvalue weighted by Gasteiger charge is 2.51. The monoisotopic (exact) mass is 230 g/mol. The SMILES string of the molecule is N#C/C(N)=C1/c2ccc(F)cc2OCC12CC2. The number of benzene rings is 1. The molecule has 3 nitrogen and oxygen atoms in total. The Bertz CT molecular complexity index is 567. The first-order chi connectivity index (χ1) is 8.16. The zero-order valence-electron chi connectivity index (χ0n) is 9.16. The highest BCUT2D eigenvalue weighted by molar-refractivity contribution is 5.81. The van der Waals surface area contributed by atoms with Crippen molar-refractivity contribution in [3.63, 3.8) is 0 Å². The fraction of sp³-hybridized carbons (Fsp3) is 0.308. The molecular weight excluding hydrogens is 219 g/mol. The van der Waals surface area contributed by atoms with E-state index < -0.39 is 0 Å². The van der Waals surface area contributed by atoms with Crippen LogP contribution < -0.4 is 10.5 Å². The molecule has 17 heavy (non-hydrogen) atoms. The van der Waals surface area contributed by atoms with Crippen LogP contribution in [0.4, 0.5) is 4.39 Å². The van der Waals surface area contributed by atoms with E-state index in [2.05, 4.69) is 0 Å². The largest absolute Gasteiger partial charge is 0.492 e. The van der Waals surface area contributed by atoms with Gasteiger partial charge in [-0.3, -0.25) is 0 Å². The van der Waals surface area contributed by atoms with E-state index >= 15 is 0 Å². The van der Waals surface area contributed by atoms with Gasteiger partial charge in [0.2, 0.25) is 0 Å². The quantitative estimate of drug-likeness (QED) is 0.695. The summed E-state index contributed by atoms with van der Waals surface area (Å²) in [6.07, 6.45) is 1.95. The van der Waals surface area contributed by atoms with Crippen molar-refractivity contribution in [3.8, 4) is 11.8 Å². The minimum absolute atomic E-state index is 0.107. The molecule has 2 N–H and O–H groups in total. The Hall–Kier alpha value is -2.02. The summed E-state index contributed by atoms with van der Waals surface area (Å²) in [4.78, 5) is 0. The Morgan fingerprint density at radius 1 is 1.47 bits per heavy atom. The molecule has 2 aliphatic rings. The molecule has 0 amide bonds. The summed E-state index contributed by atoms with van der Waals surface area (Å²) >= 11 is 0. The summed E-state index contributed by atoms with van der Waals surface area (Å²) in [6, 6.07) is 6.35. The van der Waals surface area contributed by atoms with Crippen LogP contribution in [-0.4, -0.2) is 6.61 Å². The maximum Gasteiger partial charge on any atom is 0.129 e. The molecule has 1 saturated carbocycles. The first kappa shape index (κ1) is 10.2. The van der Waals surface area contributed by atoms with Gasteiger partial charge in [0.05, 0.1) is 6.61 Å². The van der Waals surface area contributed by atoms with E-state index in [9.17, 15) is 4.39 Å². The molecule has 3 rings (SSSR count). The molecule has 0 unspecified atom stereocenters. The topological polar surface area (TPSA) is 59.0 Å². The summed E-state index contributed by atoms with van der Waals surface area (Å²) in [5, 5.41) is 8.98. The van der Waals surface area contributed by atoms with Crippen LogP contribution in [0.1, 0.15) is 18.4 Å². The lowest BCUT2D eigenvalue weighted by molar-refractivity contribution is 0.254. The summed E-state index contributed by atoms with van der Waals surface area (Å²) in [7, 11) is 0. The third-order valence-electron chi connectivity index (χ3n) is 3.49. The number of nitrogens with two attached hydrogens (primary N) is 1. The number of nitrogens with zero attached hydrogens (tertiary/aromatic N) is 1. The first-order valence-electron chi connectivity index (χ1n) is 5.49. The standard InChI is InChI=1S/C13H11FN2O/c14-8-1-2-9-11(5-8)17-7-13(3-4-13)12(9)10(16)6-15/h1-2,5H,3-4,7,16H2/b12-10+. The van der Waals surface area contributed by atoms with Gasteiger partial charge in [0.25, 0.3) is 0 Å². The third-order valence-corrected chi connectivity index (χ3v) is 3.49. The number of fused-ring (bicyclic) bond motifs is 1. The number of hydrogen-bond donors (Lipinski definition) is 1. The van der Waals surface area contributed by atoms with Gasteiger partial charge in [0.15, 0.2) is 0 Å². The summed E-state index contributed by atoms with van der Waals surface area (Å²) in [5.41, 5.74) is 7.49. The Morgan fingerprint density at radius 3 is 2.88 bits per heavy atom. The van der Waals surface area contributed by atoms with Gasteiger partial charge < -0.3 is 10.5 Å². The molecule has 1 spiro atoms. The first-order valence-corrected chi connectivity index (χ1v) is 5.49. The predicted octanol–water partition coefficient (Wildman–Crippen LogP) is 2.19. The van der Waals surface area contributed by atoms with E-state index in [4.69, 9.17) is 15.7 Å².